The molecule has 232 valence electrons. The van der Waals surface area contributed by atoms with Crippen molar-refractivity contribution >= 4 is 34.2 Å². The normalized spacial score (nSPS) is 17.4. The number of pyridine rings is 1. The first-order valence-electron chi connectivity index (χ1n) is 14.4. The fourth-order valence-corrected chi connectivity index (χ4v) is 5.74. The molecule has 3 N–H and O–H groups in total. The molecule has 2 aromatic heterocycles. The van der Waals surface area contributed by atoms with Crippen LogP contribution in [0.15, 0.2) is 73.1 Å². The Morgan fingerprint density at radius 3 is 2.49 bits per heavy atom. The summed E-state index contributed by atoms with van der Waals surface area (Å²) < 4.78 is 62.8. The van der Waals surface area contributed by atoms with Gasteiger partial charge in [0.25, 0.3) is 0 Å². The van der Waals surface area contributed by atoms with Crippen LogP contribution in [0.5, 0.6) is 0 Å². The molecule has 45 heavy (non-hydrogen) atoms. The molecule has 1 fully saturated rings. The van der Waals surface area contributed by atoms with Crippen LogP contribution in [0, 0.1) is 23.3 Å². The number of carbonyl (C=O) groups is 1. The maximum atomic E-state index is 15.0. The molecule has 3 atom stereocenters. The number of halogens is 5. The molecule has 3 heterocycles. The first-order chi connectivity index (χ1) is 21.7. The van der Waals surface area contributed by atoms with E-state index in [0.29, 0.717) is 30.2 Å². The van der Waals surface area contributed by atoms with Crippen LogP contribution in [0.25, 0.3) is 11.0 Å². The lowest BCUT2D eigenvalue weighted by Gasteiger charge is -2.29. The Morgan fingerprint density at radius 2 is 1.76 bits per heavy atom. The van der Waals surface area contributed by atoms with Crippen LogP contribution in [-0.2, 0) is 16.0 Å². The number of hydrogen-bond acceptors (Lipinski definition) is 5. The summed E-state index contributed by atoms with van der Waals surface area (Å²) in [5.74, 6) is -3.28. The maximum absolute atomic E-state index is 15.0. The quantitative estimate of drug-likeness (QED) is 0.152. The summed E-state index contributed by atoms with van der Waals surface area (Å²) in [5.41, 5.74) is 2.77. The van der Waals surface area contributed by atoms with Gasteiger partial charge in [-0.3, -0.25) is 9.78 Å². The van der Waals surface area contributed by atoms with Gasteiger partial charge in [-0.15, -0.1) is 0 Å². The van der Waals surface area contributed by atoms with Crippen molar-refractivity contribution in [2.75, 3.05) is 18.5 Å². The number of imidazole rings is 1. The van der Waals surface area contributed by atoms with E-state index in [1.807, 2.05) is 12.1 Å². The summed E-state index contributed by atoms with van der Waals surface area (Å²) >= 11 is 6.08. The average Bonchev–Trinajstić information content (AvgIpc) is 3.43. The van der Waals surface area contributed by atoms with Crippen LogP contribution in [0.2, 0.25) is 5.02 Å². The molecule has 0 bridgehead atoms. The highest BCUT2D eigenvalue weighted by atomic mass is 35.5. The van der Waals surface area contributed by atoms with Crippen molar-refractivity contribution in [3.63, 3.8) is 0 Å². The highest BCUT2D eigenvalue weighted by Gasteiger charge is 2.26. The number of ether oxygens (including phenoxy) is 1. The monoisotopic (exact) mass is 637 g/mol. The van der Waals surface area contributed by atoms with E-state index in [9.17, 15) is 22.4 Å². The summed E-state index contributed by atoms with van der Waals surface area (Å²) in [6.07, 6.45) is 2.68. The number of morpholine rings is 1. The van der Waals surface area contributed by atoms with Gasteiger partial charge in [0, 0.05) is 35.5 Å². The molecular formula is C33H28ClF4N5O2. The number of carbonyl (C=O) groups excluding carboxylic acids is 1. The number of nitrogens with zero attached hydrogens (tertiary/aromatic N) is 2. The Hall–Kier alpha value is -4.32. The molecule has 0 saturated carbocycles. The van der Waals surface area contributed by atoms with Crippen molar-refractivity contribution in [3.8, 4) is 0 Å². The van der Waals surface area contributed by atoms with Gasteiger partial charge in [0.15, 0.2) is 0 Å². The number of nitrogens with one attached hydrogen (secondary N) is 3. The van der Waals surface area contributed by atoms with Gasteiger partial charge >= 0.3 is 0 Å². The van der Waals surface area contributed by atoms with Crippen LogP contribution in [-0.4, -0.2) is 40.1 Å². The van der Waals surface area contributed by atoms with E-state index in [2.05, 4.69) is 25.6 Å². The standard InChI is InChI=1S/C33H28ClF4N5O2/c34-20-3-8-28-29(11-20)43-33(42-28)31-17-45-24(14-40-31)6-7-25-27(38)15-39-16-30(25)41-32(44)13-26(18-1-4-21(35)5-2-18)19-9-22(36)12-23(37)10-19/h1-5,8-12,15-16,24,26,31,40H,6-7,13-14,17H2,(H,41,44)(H,42,43)/t24-,26?,31+/m1/s1. The first kappa shape index (κ1) is 30.7. The molecule has 1 aliphatic heterocycles. The van der Waals surface area contributed by atoms with Crippen molar-refractivity contribution in [1.29, 1.82) is 0 Å². The molecule has 6 rings (SSSR count). The second kappa shape index (κ2) is 13.4. The number of amides is 1. The summed E-state index contributed by atoms with van der Waals surface area (Å²) in [4.78, 5) is 25.0. The average molecular weight is 638 g/mol. The van der Waals surface area contributed by atoms with E-state index in [1.54, 1.807) is 6.07 Å². The van der Waals surface area contributed by atoms with Crippen molar-refractivity contribution in [3.05, 3.63) is 124 Å². The zero-order valence-corrected chi connectivity index (χ0v) is 24.6. The summed E-state index contributed by atoms with van der Waals surface area (Å²) in [7, 11) is 0. The second-order valence-corrected chi connectivity index (χ2v) is 11.4. The van der Waals surface area contributed by atoms with Crippen LogP contribution in [0.4, 0.5) is 23.2 Å². The van der Waals surface area contributed by atoms with Gasteiger partial charge in [0.05, 0.1) is 47.9 Å². The predicted octanol–water partition coefficient (Wildman–Crippen LogP) is 6.99. The summed E-state index contributed by atoms with van der Waals surface area (Å²) in [5, 5.41) is 6.74. The maximum Gasteiger partial charge on any atom is 0.225 e. The number of hydrogen-bond donors (Lipinski definition) is 3. The van der Waals surface area contributed by atoms with Gasteiger partial charge in [-0.2, -0.15) is 0 Å². The van der Waals surface area contributed by atoms with Crippen molar-refractivity contribution in [2.24, 2.45) is 0 Å². The molecule has 12 heteroatoms. The smallest absolute Gasteiger partial charge is 0.225 e. The van der Waals surface area contributed by atoms with E-state index >= 15 is 0 Å². The third kappa shape index (κ3) is 7.33. The fourth-order valence-electron chi connectivity index (χ4n) is 5.57. The van der Waals surface area contributed by atoms with Crippen LogP contribution < -0.4 is 10.6 Å². The van der Waals surface area contributed by atoms with Crippen LogP contribution in [0.1, 0.15) is 47.3 Å². The molecule has 5 aromatic rings. The zero-order valence-electron chi connectivity index (χ0n) is 23.8. The van der Waals surface area contributed by atoms with Gasteiger partial charge in [0.1, 0.15) is 29.1 Å². The molecule has 0 spiro atoms. The van der Waals surface area contributed by atoms with E-state index in [0.717, 1.165) is 41.3 Å². The SMILES string of the molecule is O=C(CC(c1ccc(F)cc1)c1cc(F)cc(F)c1)Nc1cncc(F)c1CC[C@@H]1CN[C@H](c2nc3ccc(Cl)cc3[nH]2)CO1. The molecule has 1 unspecified atom stereocenters. The lowest BCUT2D eigenvalue weighted by molar-refractivity contribution is -0.116. The number of aromatic nitrogens is 3. The molecule has 0 radical (unpaired) electrons. The van der Waals surface area contributed by atoms with Gasteiger partial charge in [-0.05, 0) is 66.4 Å². The molecule has 1 saturated heterocycles. The number of benzene rings is 3. The van der Waals surface area contributed by atoms with Crippen LogP contribution in [0.3, 0.4) is 0 Å². The Bertz CT molecular complexity index is 1810. The summed E-state index contributed by atoms with van der Waals surface area (Å²) in [6.45, 7) is 0.854. The Kier molecular flexibility index (Phi) is 9.11. The molecule has 7 nitrogen and oxygen atoms in total. The second-order valence-electron chi connectivity index (χ2n) is 10.9. The third-order valence-corrected chi connectivity index (χ3v) is 8.06. The zero-order chi connectivity index (χ0) is 31.5. The van der Waals surface area contributed by atoms with E-state index in [-0.39, 0.29) is 41.8 Å². The third-order valence-electron chi connectivity index (χ3n) is 7.83. The van der Waals surface area contributed by atoms with Crippen molar-refractivity contribution in [1.82, 2.24) is 20.3 Å². The Labute approximate surface area is 261 Å². The van der Waals surface area contributed by atoms with Crippen molar-refractivity contribution in [2.45, 2.75) is 37.3 Å². The molecule has 1 amide bonds. The Morgan fingerprint density at radius 1 is 0.978 bits per heavy atom. The van der Waals surface area contributed by atoms with Crippen LogP contribution >= 0.6 is 11.6 Å². The molecule has 0 aliphatic carbocycles. The summed E-state index contributed by atoms with van der Waals surface area (Å²) in [6, 6.07) is 13.6. The van der Waals surface area contributed by atoms with E-state index in [4.69, 9.17) is 16.3 Å². The minimum Gasteiger partial charge on any atom is -0.375 e. The lowest BCUT2D eigenvalue weighted by Crippen LogP contribution is -2.41. The topological polar surface area (TPSA) is 91.9 Å². The number of aromatic amines is 1. The predicted molar refractivity (Wildman–Crippen MR) is 162 cm³/mol. The fraction of sp³-hybridized carbons (Fsp3) is 0.242. The van der Waals surface area contributed by atoms with Gasteiger partial charge in [-0.25, -0.2) is 22.5 Å². The highest BCUT2D eigenvalue weighted by Crippen LogP contribution is 2.31. The van der Waals surface area contributed by atoms with E-state index in [1.165, 1.54) is 30.5 Å². The largest absolute Gasteiger partial charge is 0.375 e. The number of rotatable bonds is 9. The Balaban J connectivity index is 1.11. The highest BCUT2D eigenvalue weighted by molar-refractivity contribution is 6.31. The first-order valence-corrected chi connectivity index (χ1v) is 14.7. The number of anilines is 1. The number of fused-ring (bicyclic) bond motifs is 1. The number of H-pyrrole nitrogens is 1. The lowest BCUT2D eigenvalue weighted by atomic mass is 9.88. The van der Waals surface area contributed by atoms with Gasteiger partial charge < -0.3 is 20.4 Å². The molecule has 3 aromatic carbocycles. The minimum atomic E-state index is -0.803. The van der Waals surface area contributed by atoms with Gasteiger partial charge in [-0.1, -0.05) is 23.7 Å². The van der Waals surface area contributed by atoms with Crippen molar-refractivity contribution < 1.29 is 27.1 Å². The molecule has 1 aliphatic rings. The molecular weight excluding hydrogens is 610 g/mol. The van der Waals surface area contributed by atoms with E-state index < -0.39 is 35.1 Å². The van der Waals surface area contributed by atoms with Gasteiger partial charge in [0.2, 0.25) is 5.91 Å². The minimum absolute atomic E-state index is 0.152.